The highest BCUT2D eigenvalue weighted by molar-refractivity contribution is 5.51. The van der Waals surface area contributed by atoms with Crippen LogP contribution in [-0.4, -0.2) is 35.1 Å². The molecule has 0 amide bonds. The zero-order valence-electron chi connectivity index (χ0n) is 11.5. The number of rotatable bonds is 3. The van der Waals surface area contributed by atoms with Crippen LogP contribution in [0.1, 0.15) is 32.1 Å². The molecule has 2 saturated heterocycles. The van der Waals surface area contributed by atoms with Crippen molar-refractivity contribution in [2.45, 2.75) is 50.2 Å². The molecule has 0 saturated carbocycles. The molecule has 0 aliphatic carbocycles. The van der Waals surface area contributed by atoms with Crippen molar-refractivity contribution >= 4 is 11.5 Å². The van der Waals surface area contributed by atoms with E-state index in [0.29, 0.717) is 11.9 Å². The molecule has 2 atom stereocenters. The monoisotopic (exact) mass is 261 g/mol. The maximum atomic E-state index is 5.40. The minimum absolute atomic E-state index is 0.569. The number of nitrogens with zero attached hydrogens (tertiary/aromatic N) is 2. The van der Waals surface area contributed by atoms with Gasteiger partial charge in [-0.05, 0) is 38.8 Å². The standard InChI is InChI=1S/C14H23N5/c1-19-12-3-2-4-13(19)8-11(7-12)17-10-5-6-16-14(9-10)18-15/h5-6,9,11-13H,2-4,7-8,15H2,1H3,(H2,16,17,18). The van der Waals surface area contributed by atoms with Gasteiger partial charge in [-0.2, -0.15) is 0 Å². The highest BCUT2D eigenvalue weighted by Crippen LogP contribution is 2.33. The minimum Gasteiger partial charge on any atom is -0.382 e. The maximum Gasteiger partial charge on any atom is 0.141 e. The first-order chi connectivity index (χ1) is 9.26. The summed E-state index contributed by atoms with van der Waals surface area (Å²) in [6.45, 7) is 0. The van der Waals surface area contributed by atoms with E-state index in [0.717, 1.165) is 17.8 Å². The van der Waals surface area contributed by atoms with Gasteiger partial charge in [0.05, 0.1) is 0 Å². The van der Waals surface area contributed by atoms with Gasteiger partial charge in [0.25, 0.3) is 0 Å². The summed E-state index contributed by atoms with van der Waals surface area (Å²) in [5, 5.41) is 3.64. The number of fused-ring (bicyclic) bond motifs is 2. The quantitative estimate of drug-likeness (QED) is 0.572. The summed E-state index contributed by atoms with van der Waals surface area (Å²) in [5.41, 5.74) is 3.70. The van der Waals surface area contributed by atoms with Crippen LogP contribution in [-0.2, 0) is 0 Å². The second-order valence-electron chi connectivity index (χ2n) is 5.79. The molecule has 0 aromatic carbocycles. The van der Waals surface area contributed by atoms with Crippen LogP contribution >= 0.6 is 0 Å². The molecule has 2 aliphatic rings. The maximum absolute atomic E-state index is 5.40. The first-order valence-corrected chi connectivity index (χ1v) is 7.17. The lowest BCUT2D eigenvalue weighted by molar-refractivity contribution is 0.0608. The molecule has 2 unspecified atom stereocenters. The van der Waals surface area contributed by atoms with Gasteiger partial charge in [0.1, 0.15) is 5.82 Å². The summed E-state index contributed by atoms with van der Waals surface area (Å²) in [7, 11) is 2.29. The summed E-state index contributed by atoms with van der Waals surface area (Å²) in [4.78, 5) is 6.72. The average Bonchev–Trinajstić information content (AvgIpc) is 2.40. The van der Waals surface area contributed by atoms with E-state index in [9.17, 15) is 0 Å². The Morgan fingerprint density at radius 3 is 2.74 bits per heavy atom. The third kappa shape index (κ3) is 2.67. The number of aromatic nitrogens is 1. The minimum atomic E-state index is 0.569. The summed E-state index contributed by atoms with van der Waals surface area (Å²) in [6, 6.07) is 6.04. The SMILES string of the molecule is CN1C2CCCC1CC(Nc1ccnc(NN)c1)C2. The number of piperidine rings is 2. The summed E-state index contributed by atoms with van der Waals surface area (Å²) < 4.78 is 0. The Morgan fingerprint density at radius 1 is 1.32 bits per heavy atom. The average molecular weight is 261 g/mol. The Kier molecular flexibility index (Phi) is 3.57. The molecule has 1 aromatic rings. The van der Waals surface area contributed by atoms with E-state index in [1.54, 1.807) is 6.20 Å². The molecule has 5 heteroatoms. The van der Waals surface area contributed by atoms with E-state index >= 15 is 0 Å². The Labute approximate surface area is 114 Å². The molecule has 0 radical (unpaired) electrons. The number of nitrogen functional groups attached to an aromatic ring is 1. The van der Waals surface area contributed by atoms with Crippen LogP contribution in [0.15, 0.2) is 18.3 Å². The molecule has 1 aromatic heterocycles. The van der Waals surface area contributed by atoms with Crippen LogP contribution in [0.4, 0.5) is 11.5 Å². The van der Waals surface area contributed by atoms with Crippen LogP contribution in [0, 0.1) is 0 Å². The smallest absolute Gasteiger partial charge is 0.141 e. The van der Waals surface area contributed by atoms with E-state index in [4.69, 9.17) is 5.84 Å². The van der Waals surface area contributed by atoms with Gasteiger partial charge < -0.3 is 15.6 Å². The normalized spacial score (nSPS) is 30.9. The van der Waals surface area contributed by atoms with Gasteiger partial charge in [0, 0.05) is 36.1 Å². The molecular formula is C14H23N5. The summed E-state index contributed by atoms with van der Waals surface area (Å²) >= 11 is 0. The van der Waals surface area contributed by atoms with Gasteiger partial charge in [0.2, 0.25) is 0 Å². The number of hydrogen-bond acceptors (Lipinski definition) is 5. The molecule has 104 valence electrons. The predicted molar refractivity (Wildman–Crippen MR) is 77.9 cm³/mol. The lowest BCUT2D eigenvalue weighted by atomic mass is 9.82. The molecule has 2 bridgehead atoms. The zero-order chi connectivity index (χ0) is 13.2. The Hall–Kier alpha value is -1.33. The molecule has 2 aliphatic heterocycles. The van der Waals surface area contributed by atoms with Crippen molar-refractivity contribution in [3.63, 3.8) is 0 Å². The van der Waals surface area contributed by atoms with E-state index in [1.807, 2.05) is 12.1 Å². The third-order valence-electron chi connectivity index (χ3n) is 4.62. The first-order valence-electron chi connectivity index (χ1n) is 7.17. The molecule has 5 nitrogen and oxygen atoms in total. The second kappa shape index (κ2) is 5.35. The fourth-order valence-electron chi connectivity index (χ4n) is 3.57. The second-order valence-corrected chi connectivity index (χ2v) is 5.79. The fraction of sp³-hybridized carbons (Fsp3) is 0.643. The van der Waals surface area contributed by atoms with E-state index in [1.165, 1.54) is 32.1 Å². The van der Waals surface area contributed by atoms with Gasteiger partial charge in [-0.3, -0.25) is 0 Å². The van der Waals surface area contributed by atoms with Crippen molar-refractivity contribution < 1.29 is 0 Å². The molecule has 3 heterocycles. The van der Waals surface area contributed by atoms with Gasteiger partial charge >= 0.3 is 0 Å². The predicted octanol–water partition coefficient (Wildman–Crippen LogP) is 1.79. The largest absolute Gasteiger partial charge is 0.382 e. The van der Waals surface area contributed by atoms with Crippen molar-refractivity contribution in [1.82, 2.24) is 9.88 Å². The molecule has 2 fully saturated rings. The zero-order valence-corrected chi connectivity index (χ0v) is 11.5. The lowest BCUT2D eigenvalue weighted by Crippen LogP contribution is -2.52. The number of hydrogen-bond donors (Lipinski definition) is 3. The highest BCUT2D eigenvalue weighted by Gasteiger charge is 2.35. The number of anilines is 2. The van der Waals surface area contributed by atoms with Crippen LogP contribution in [0.25, 0.3) is 0 Å². The van der Waals surface area contributed by atoms with Crippen molar-refractivity contribution in [2.75, 3.05) is 17.8 Å². The Bertz CT molecular complexity index is 422. The number of nitrogens with two attached hydrogens (primary N) is 1. The molecular weight excluding hydrogens is 238 g/mol. The van der Waals surface area contributed by atoms with Crippen LogP contribution in [0.5, 0.6) is 0 Å². The molecule has 0 spiro atoms. The van der Waals surface area contributed by atoms with Gasteiger partial charge in [-0.15, -0.1) is 0 Å². The van der Waals surface area contributed by atoms with Gasteiger partial charge in [-0.25, -0.2) is 10.8 Å². The van der Waals surface area contributed by atoms with Crippen LogP contribution < -0.4 is 16.6 Å². The Balaban J connectivity index is 1.67. The topological polar surface area (TPSA) is 66.2 Å². The summed E-state index contributed by atoms with van der Waals surface area (Å²) in [5.74, 6) is 6.10. The van der Waals surface area contributed by atoms with Crippen molar-refractivity contribution in [1.29, 1.82) is 0 Å². The van der Waals surface area contributed by atoms with Crippen molar-refractivity contribution in [3.8, 4) is 0 Å². The van der Waals surface area contributed by atoms with Gasteiger partial charge in [0.15, 0.2) is 0 Å². The van der Waals surface area contributed by atoms with Gasteiger partial charge in [-0.1, -0.05) is 6.42 Å². The fourth-order valence-corrected chi connectivity index (χ4v) is 3.57. The number of pyridine rings is 1. The van der Waals surface area contributed by atoms with E-state index in [2.05, 4.69) is 27.7 Å². The third-order valence-corrected chi connectivity index (χ3v) is 4.62. The van der Waals surface area contributed by atoms with E-state index < -0.39 is 0 Å². The summed E-state index contributed by atoms with van der Waals surface area (Å²) in [6.07, 6.45) is 8.34. The Morgan fingerprint density at radius 2 is 2.05 bits per heavy atom. The lowest BCUT2D eigenvalue weighted by Gasteiger charge is -2.47. The molecule has 3 rings (SSSR count). The van der Waals surface area contributed by atoms with Crippen molar-refractivity contribution in [2.24, 2.45) is 5.84 Å². The number of hydrazine groups is 1. The van der Waals surface area contributed by atoms with E-state index in [-0.39, 0.29) is 0 Å². The number of nitrogens with one attached hydrogen (secondary N) is 2. The highest BCUT2D eigenvalue weighted by atomic mass is 15.2. The van der Waals surface area contributed by atoms with Crippen LogP contribution in [0.3, 0.4) is 0 Å². The molecule has 4 N–H and O–H groups in total. The first kappa shape index (κ1) is 12.7. The van der Waals surface area contributed by atoms with Crippen LogP contribution in [0.2, 0.25) is 0 Å². The van der Waals surface area contributed by atoms with Crippen molar-refractivity contribution in [3.05, 3.63) is 18.3 Å². The molecule has 19 heavy (non-hydrogen) atoms.